The van der Waals surface area contributed by atoms with Crippen molar-refractivity contribution in [1.29, 1.82) is 0 Å². The number of methoxy groups -OCH3 is 1. The van der Waals surface area contributed by atoms with Gasteiger partial charge in [-0.05, 0) is 57.6 Å². The first kappa shape index (κ1) is 20.6. The molecule has 1 aromatic rings. The van der Waals surface area contributed by atoms with Crippen molar-refractivity contribution in [3.63, 3.8) is 0 Å². The Labute approximate surface area is 158 Å². The zero-order valence-electron chi connectivity index (χ0n) is 16.4. The van der Waals surface area contributed by atoms with E-state index in [4.69, 9.17) is 22.1 Å². The van der Waals surface area contributed by atoms with Crippen LogP contribution in [0.4, 0.5) is 4.79 Å². The summed E-state index contributed by atoms with van der Waals surface area (Å²) in [5.41, 5.74) is 1.41. The van der Waals surface area contributed by atoms with Crippen molar-refractivity contribution in [2.45, 2.75) is 45.6 Å². The molecule has 0 aliphatic carbocycles. The predicted octanol–water partition coefficient (Wildman–Crippen LogP) is 2.70. The molecule has 0 atom stereocenters. The molecule has 1 saturated heterocycles. The summed E-state index contributed by atoms with van der Waals surface area (Å²) in [7, 11) is 7.63. The van der Waals surface area contributed by atoms with Gasteiger partial charge in [0.2, 0.25) is 0 Å². The van der Waals surface area contributed by atoms with Crippen molar-refractivity contribution >= 4 is 19.4 Å². The van der Waals surface area contributed by atoms with E-state index in [-0.39, 0.29) is 6.09 Å². The van der Waals surface area contributed by atoms with Gasteiger partial charge in [-0.15, -0.1) is 0 Å². The van der Waals surface area contributed by atoms with Gasteiger partial charge in [-0.3, -0.25) is 0 Å². The van der Waals surface area contributed by atoms with Gasteiger partial charge in [0.25, 0.3) is 0 Å². The van der Waals surface area contributed by atoms with E-state index in [1.165, 1.54) is 5.56 Å². The summed E-state index contributed by atoms with van der Waals surface area (Å²) >= 11 is 0. The van der Waals surface area contributed by atoms with E-state index >= 15 is 0 Å². The van der Waals surface area contributed by atoms with Gasteiger partial charge >= 0.3 is 6.09 Å². The van der Waals surface area contributed by atoms with Crippen molar-refractivity contribution in [3.8, 4) is 5.75 Å². The van der Waals surface area contributed by atoms with E-state index in [0.717, 1.165) is 32.4 Å². The lowest BCUT2D eigenvalue weighted by molar-refractivity contribution is 0.0184. The second kappa shape index (κ2) is 9.31. The van der Waals surface area contributed by atoms with E-state index in [1.54, 1.807) is 7.11 Å². The molecule has 1 amide bonds. The minimum atomic E-state index is -0.447. The summed E-state index contributed by atoms with van der Waals surface area (Å²) in [6.45, 7) is 8.18. The van der Waals surface area contributed by atoms with E-state index in [2.05, 4.69) is 6.07 Å². The Kier molecular flexibility index (Phi) is 7.38. The number of hydrogen-bond acceptors (Lipinski definition) is 4. The molecular formula is C20H30BNO4. The molecule has 1 fully saturated rings. The second-order valence-corrected chi connectivity index (χ2v) is 7.83. The van der Waals surface area contributed by atoms with Crippen LogP contribution in [0.1, 0.15) is 39.2 Å². The molecule has 1 heterocycles. The summed E-state index contributed by atoms with van der Waals surface area (Å²) in [6, 6.07) is 5.97. The molecule has 1 aromatic carbocycles. The maximum absolute atomic E-state index is 12.1. The molecule has 0 spiro atoms. The van der Waals surface area contributed by atoms with Crippen LogP contribution < -0.4 is 10.2 Å². The number of carbonyl (C=O) groups excluding carboxylic acids is 1. The van der Waals surface area contributed by atoms with E-state index in [1.807, 2.05) is 37.8 Å². The molecule has 5 nitrogen and oxygen atoms in total. The Bertz CT molecular complexity index is 592. The van der Waals surface area contributed by atoms with Crippen LogP contribution in [0, 0.1) is 5.92 Å². The number of ether oxygens (including phenoxy) is 3. The Balaban J connectivity index is 1.85. The molecule has 0 saturated carbocycles. The number of nitrogens with zero attached hydrogens (tertiary/aromatic N) is 1. The summed E-state index contributed by atoms with van der Waals surface area (Å²) in [4.78, 5) is 14.0. The highest BCUT2D eigenvalue weighted by Gasteiger charge is 2.26. The van der Waals surface area contributed by atoms with Gasteiger partial charge in [-0.1, -0.05) is 17.6 Å². The molecule has 6 heteroatoms. The smallest absolute Gasteiger partial charge is 0.410 e. The standard InChI is InChI=1S/C20H30BNO4/c1-20(2,3)26-19(23)22-9-7-15(8-10-22)13-16-5-6-17(21)18(14-16)25-12-11-24-4/h5-6,14-15H,7-13H2,1-4H3. The Morgan fingerprint density at radius 2 is 1.92 bits per heavy atom. The molecule has 0 aromatic heterocycles. The number of amides is 1. The molecule has 1 aliphatic rings. The lowest BCUT2D eigenvalue weighted by atomic mass is 9.87. The topological polar surface area (TPSA) is 48.0 Å². The second-order valence-electron chi connectivity index (χ2n) is 7.83. The van der Waals surface area contributed by atoms with Crippen molar-refractivity contribution in [2.24, 2.45) is 5.92 Å². The molecule has 2 radical (unpaired) electrons. The number of benzene rings is 1. The molecule has 1 aliphatic heterocycles. The van der Waals surface area contributed by atoms with Gasteiger partial charge in [-0.2, -0.15) is 0 Å². The Morgan fingerprint density at radius 1 is 1.23 bits per heavy atom. The lowest BCUT2D eigenvalue weighted by Gasteiger charge is -2.33. The first-order valence-corrected chi connectivity index (χ1v) is 9.26. The maximum Gasteiger partial charge on any atom is 0.410 e. The van der Waals surface area contributed by atoms with Crippen LogP contribution in [-0.2, 0) is 15.9 Å². The van der Waals surface area contributed by atoms with E-state index < -0.39 is 5.60 Å². The summed E-state index contributed by atoms with van der Waals surface area (Å²) < 4.78 is 16.1. The zero-order valence-corrected chi connectivity index (χ0v) is 16.4. The fraction of sp³-hybridized carbons (Fsp3) is 0.650. The summed E-state index contributed by atoms with van der Waals surface area (Å²) in [6.07, 6.45) is 2.70. The fourth-order valence-corrected chi connectivity index (χ4v) is 3.05. The minimum absolute atomic E-state index is 0.211. The first-order chi connectivity index (χ1) is 12.3. The van der Waals surface area contributed by atoms with Crippen molar-refractivity contribution < 1.29 is 19.0 Å². The van der Waals surface area contributed by atoms with Crippen LogP contribution in [0.15, 0.2) is 18.2 Å². The van der Waals surface area contributed by atoms with Gasteiger partial charge in [0, 0.05) is 20.2 Å². The largest absolute Gasteiger partial charge is 0.492 e. The average Bonchev–Trinajstić information content (AvgIpc) is 2.57. The van der Waals surface area contributed by atoms with Gasteiger partial charge in [0.1, 0.15) is 25.8 Å². The van der Waals surface area contributed by atoms with Crippen molar-refractivity contribution in [2.75, 3.05) is 33.4 Å². The van der Waals surface area contributed by atoms with Gasteiger partial charge in [-0.25, -0.2) is 4.79 Å². The van der Waals surface area contributed by atoms with E-state index in [0.29, 0.717) is 30.3 Å². The van der Waals surface area contributed by atoms with E-state index in [9.17, 15) is 4.79 Å². The average molecular weight is 359 g/mol. The number of likely N-dealkylation sites (tertiary alicyclic amines) is 1. The summed E-state index contributed by atoms with van der Waals surface area (Å²) in [5.74, 6) is 1.26. The highest BCUT2D eigenvalue weighted by Crippen LogP contribution is 2.24. The van der Waals surface area contributed by atoms with Crippen LogP contribution in [0.2, 0.25) is 0 Å². The highest BCUT2D eigenvalue weighted by molar-refractivity contribution is 6.34. The number of piperidine rings is 1. The first-order valence-electron chi connectivity index (χ1n) is 9.26. The normalized spacial score (nSPS) is 15.8. The van der Waals surface area contributed by atoms with Crippen LogP contribution in [0.3, 0.4) is 0 Å². The summed E-state index contributed by atoms with van der Waals surface area (Å²) in [5, 5.41) is 0. The number of carbonyl (C=O) groups is 1. The van der Waals surface area contributed by atoms with Crippen LogP contribution in [-0.4, -0.2) is 57.9 Å². The van der Waals surface area contributed by atoms with Crippen LogP contribution in [0.25, 0.3) is 0 Å². The molecule has 142 valence electrons. The van der Waals surface area contributed by atoms with Crippen molar-refractivity contribution in [3.05, 3.63) is 23.8 Å². The quantitative estimate of drug-likeness (QED) is 0.579. The highest BCUT2D eigenvalue weighted by atomic mass is 16.6. The van der Waals surface area contributed by atoms with Crippen LogP contribution >= 0.6 is 0 Å². The maximum atomic E-state index is 12.1. The Hall–Kier alpha value is -1.69. The molecule has 26 heavy (non-hydrogen) atoms. The molecule has 0 unspecified atom stereocenters. The fourth-order valence-electron chi connectivity index (χ4n) is 3.05. The van der Waals surface area contributed by atoms with Gasteiger partial charge in [0.15, 0.2) is 0 Å². The predicted molar refractivity (Wildman–Crippen MR) is 103 cm³/mol. The zero-order chi connectivity index (χ0) is 19.2. The van der Waals surface area contributed by atoms with Crippen molar-refractivity contribution in [1.82, 2.24) is 4.90 Å². The minimum Gasteiger partial charge on any atom is -0.492 e. The monoisotopic (exact) mass is 359 g/mol. The molecule has 0 bridgehead atoms. The lowest BCUT2D eigenvalue weighted by Crippen LogP contribution is -2.42. The SMILES string of the molecule is [B]c1ccc(CC2CCN(C(=O)OC(C)(C)C)CC2)cc1OCCOC. The third kappa shape index (κ3) is 6.56. The van der Waals surface area contributed by atoms with Gasteiger partial charge < -0.3 is 19.1 Å². The Morgan fingerprint density at radius 3 is 2.54 bits per heavy atom. The van der Waals surface area contributed by atoms with Gasteiger partial charge in [0.05, 0.1) is 6.61 Å². The number of rotatable bonds is 6. The molecule has 0 N–H and O–H groups in total. The third-order valence-corrected chi connectivity index (χ3v) is 4.41. The molecule has 2 rings (SSSR count). The third-order valence-electron chi connectivity index (χ3n) is 4.41. The number of hydrogen-bond donors (Lipinski definition) is 0. The molecular weight excluding hydrogens is 329 g/mol. The van der Waals surface area contributed by atoms with Crippen LogP contribution in [0.5, 0.6) is 5.75 Å².